The Morgan fingerprint density at radius 2 is 1.90 bits per heavy atom. The van der Waals surface area contributed by atoms with Gasteiger partial charge in [-0.1, -0.05) is 24.3 Å². The first-order valence-electron chi connectivity index (χ1n) is 6.24. The summed E-state index contributed by atoms with van der Waals surface area (Å²) in [6.45, 7) is 0.725. The molecule has 0 fully saturated rings. The Hall–Kier alpha value is -1.83. The molecule has 2 aromatic rings. The minimum atomic E-state index is -0.323. The summed E-state index contributed by atoms with van der Waals surface area (Å²) in [4.78, 5) is 4.12. The van der Waals surface area contributed by atoms with Gasteiger partial charge in [-0.05, 0) is 24.3 Å². The van der Waals surface area contributed by atoms with Crippen molar-refractivity contribution in [2.75, 3.05) is 18.5 Å². The van der Waals surface area contributed by atoms with Gasteiger partial charge in [0.1, 0.15) is 18.2 Å². The van der Waals surface area contributed by atoms with Gasteiger partial charge in [-0.15, -0.1) is 24.0 Å². The van der Waals surface area contributed by atoms with Crippen molar-refractivity contribution in [1.82, 2.24) is 0 Å². The highest BCUT2D eigenvalue weighted by molar-refractivity contribution is 14.0. The Balaban J connectivity index is 0.00000220. The third kappa shape index (κ3) is 6.44. The number of hydrogen-bond acceptors (Lipinski definition) is 2. The fourth-order valence-corrected chi connectivity index (χ4v) is 1.60. The Morgan fingerprint density at radius 1 is 1.14 bits per heavy atom. The maximum absolute atomic E-state index is 12.9. The zero-order valence-electron chi connectivity index (χ0n) is 11.3. The molecule has 0 atom stereocenters. The van der Waals surface area contributed by atoms with E-state index in [4.69, 9.17) is 10.5 Å². The van der Waals surface area contributed by atoms with E-state index in [1.165, 1.54) is 12.1 Å². The monoisotopic (exact) mass is 401 g/mol. The molecule has 3 N–H and O–H groups in total. The van der Waals surface area contributed by atoms with Crippen molar-refractivity contribution in [3.05, 3.63) is 60.4 Å². The second-order valence-electron chi connectivity index (χ2n) is 4.06. The zero-order chi connectivity index (χ0) is 14.2. The van der Waals surface area contributed by atoms with Crippen molar-refractivity contribution in [1.29, 1.82) is 0 Å². The van der Waals surface area contributed by atoms with Crippen LogP contribution in [0.5, 0.6) is 5.75 Å². The van der Waals surface area contributed by atoms with Crippen molar-refractivity contribution < 1.29 is 9.13 Å². The van der Waals surface area contributed by atoms with Gasteiger partial charge in [-0.25, -0.2) is 9.38 Å². The second kappa shape index (κ2) is 9.17. The number of nitrogens with two attached hydrogens (primary N) is 1. The van der Waals surface area contributed by atoms with Gasteiger partial charge in [-0.2, -0.15) is 0 Å². The molecule has 21 heavy (non-hydrogen) atoms. The average Bonchev–Trinajstić information content (AvgIpc) is 2.45. The van der Waals surface area contributed by atoms with Crippen LogP contribution in [0, 0.1) is 5.82 Å². The van der Waals surface area contributed by atoms with Crippen LogP contribution < -0.4 is 15.8 Å². The number of hydrogen-bond donors (Lipinski definition) is 2. The molecule has 0 radical (unpaired) electrons. The molecule has 112 valence electrons. The maximum Gasteiger partial charge on any atom is 0.193 e. The minimum Gasteiger partial charge on any atom is -0.492 e. The topological polar surface area (TPSA) is 59.6 Å². The third-order valence-corrected chi connectivity index (χ3v) is 2.48. The Kier molecular flexibility index (Phi) is 7.52. The first kappa shape index (κ1) is 17.2. The number of rotatable bonds is 5. The smallest absolute Gasteiger partial charge is 0.193 e. The molecule has 0 aliphatic heterocycles. The normalized spacial score (nSPS) is 10.6. The molecule has 0 aliphatic carbocycles. The van der Waals surface area contributed by atoms with E-state index in [0.29, 0.717) is 24.9 Å². The quantitative estimate of drug-likeness (QED) is 0.350. The van der Waals surface area contributed by atoms with Crippen LogP contribution >= 0.6 is 24.0 Å². The molecule has 2 rings (SSSR count). The highest BCUT2D eigenvalue weighted by Gasteiger charge is 1.96. The first-order chi connectivity index (χ1) is 9.74. The predicted octanol–water partition coefficient (Wildman–Crippen LogP) is 3.25. The lowest BCUT2D eigenvalue weighted by Crippen LogP contribution is -2.23. The number of anilines is 1. The summed E-state index contributed by atoms with van der Waals surface area (Å²) in [5, 5.41) is 2.96. The SMILES string of the molecule is I.NC(=NCCOc1cccc(F)c1)Nc1ccccc1. The van der Waals surface area contributed by atoms with Gasteiger partial charge in [0.05, 0.1) is 6.54 Å². The molecule has 0 saturated heterocycles. The van der Waals surface area contributed by atoms with Gasteiger partial charge < -0.3 is 15.8 Å². The molecule has 2 aromatic carbocycles. The predicted molar refractivity (Wildman–Crippen MR) is 93.9 cm³/mol. The zero-order valence-corrected chi connectivity index (χ0v) is 13.7. The lowest BCUT2D eigenvalue weighted by molar-refractivity contribution is 0.327. The summed E-state index contributed by atoms with van der Waals surface area (Å²) in [6, 6.07) is 15.5. The number of ether oxygens (including phenoxy) is 1. The number of guanidine groups is 1. The molecule has 0 bridgehead atoms. The van der Waals surface area contributed by atoms with Crippen LogP contribution in [0.15, 0.2) is 59.6 Å². The average molecular weight is 401 g/mol. The van der Waals surface area contributed by atoms with E-state index in [2.05, 4.69) is 10.3 Å². The molecular weight excluding hydrogens is 384 g/mol. The van der Waals surface area contributed by atoms with Gasteiger partial charge in [0.2, 0.25) is 0 Å². The molecule has 0 spiro atoms. The highest BCUT2D eigenvalue weighted by Crippen LogP contribution is 2.11. The summed E-state index contributed by atoms with van der Waals surface area (Å²) in [7, 11) is 0. The van der Waals surface area contributed by atoms with Crippen LogP contribution in [-0.4, -0.2) is 19.1 Å². The number of aliphatic imine (C=N–C) groups is 1. The van der Waals surface area contributed by atoms with E-state index in [0.717, 1.165) is 5.69 Å². The van der Waals surface area contributed by atoms with E-state index in [1.807, 2.05) is 30.3 Å². The Morgan fingerprint density at radius 3 is 2.62 bits per heavy atom. The molecule has 0 aromatic heterocycles. The number of para-hydroxylation sites is 1. The molecular formula is C15H17FIN3O. The number of benzene rings is 2. The summed E-state index contributed by atoms with van der Waals surface area (Å²) >= 11 is 0. The molecule has 6 heteroatoms. The molecule has 0 aliphatic rings. The van der Waals surface area contributed by atoms with E-state index < -0.39 is 0 Å². The molecule has 4 nitrogen and oxygen atoms in total. The summed E-state index contributed by atoms with van der Waals surface area (Å²) in [5.41, 5.74) is 6.61. The van der Waals surface area contributed by atoms with E-state index in [1.54, 1.807) is 12.1 Å². The van der Waals surface area contributed by atoms with Crippen molar-refractivity contribution >= 4 is 35.6 Å². The standard InChI is InChI=1S/C15H16FN3O.HI/c16-12-5-4-8-14(11-12)20-10-9-18-15(17)19-13-6-2-1-3-7-13;/h1-8,11H,9-10H2,(H3,17,18,19);1H. The van der Waals surface area contributed by atoms with Crippen LogP contribution in [0.4, 0.5) is 10.1 Å². The fourth-order valence-electron chi connectivity index (χ4n) is 1.60. The van der Waals surface area contributed by atoms with E-state index in [9.17, 15) is 4.39 Å². The lowest BCUT2D eigenvalue weighted by atomic mass is 10.3. The van der Waals surface area contributed by atoms with Crippen molar-refractivity contribution in [3.8, 4) is 5.75 Å². The second-order valence-corrected chi connectivity index (χ2v) is 4.06. The molecule has 0 amide bonds. The van der Waals surface area contributed by atoms with Crippen LogP contribution in [-0.2, 0) is 0 Å². The van der Waals surface area contributed by atoms with Crippen LogP contribution in [0.2, 0.25) is 0 Å². The van der Waals surface area contributed by atoms with Crippen molar-refractivity contribution in [3.63, 3.8) is 0 Å². The fraction of sp³-hybridized carbons (Fsp3) is 0.133. The highest BCUT2D eigenvalue weighted by atomic mass is 127. The minimum absolute atomic E-state index is 0. The van der Waals surface area contributed by atoms with Crippen molar-refractivity contribution in [2.24, 2.45) is 10.7 Å². The van der Waals surface area contributed by atoms with Crippen molar-refractivity contribution in [2.45, 2.75) is 0 Å². The third-order valence-electron chi connectivity index (χ3n) is 2.48. The van der Waals surface area contributed by atoms with Gasteiger partial charge >= 0.3 is 0 Å². The number of nitrogens with one attached hydrogen (secondary N) is 1. The van der Waals surface area contributed by atoms with Crippen LogP contribution in [0.3, 0.4) is 0 Å². The van der Waals surface area contributed by atoms with Gasteiger partial charge in [0.15, 0.2) is 5.96 Å². The largest absolute Gasteiger partial charge is 0.492 e. The van der Waals surface area contributed by atoms with E-state index >= 15 is 0 Å². The first-order valence-corrected chi connectivity index (χ1v) is 6.24. The van der Waals surface area contributed by atoms with E-state index in [-0.39, 0.29) is 29.8 Å². The molecule has 0 unspecified atom stereocenters. The van der Waals surface area contributed by atoms with Crippen LogP contribution in [0.25, 0.3) is 0 Å². The number of halogens is 2. The van der Waals surface area contributed by atoms with Gasteiger partial charge in [-0.3, -0.25) is 0 Å². The summed E-state index contributed by atoms with van der Waals surface area (Å²) in [5.74, 6) is 0.477. The Labute approximate surface area is 140 Å². The van der Waals surface area contributed by atoms with Gasteiger partial charge in [0, 0.05) is 11.8 Å². The Bertz CT molecular complexity index is 578. The van der Waals surface area contributed by atoms with Crippen LogP contribution in [0.1, 0.15) is 0 Å². The summed E-state index contributed by atoms with van der Waals surface area (Å²) < 4.78 is 18.3. The lowest BCUT2D eigenvalue weighted by Gasteiger charge is -2.06. The molecule has 0 heterocycles. The number of nitrogens with zero attached hydrogens (tertiary/aromatic N) is 1. The summed E-state index contributed by atoms with van der Waals surface area (Å²) in [6.07, 6.45) is 0. The van der Waals surface area contributed by atoms with Gasteiger partial charge in [0.25, 0.3) is 0 Å². The molecule has 0 saturated carbocycles. The maximum atomic E-state index is 12.9.